The van der Waals surface area contributed by atoms with E-state index in [-0.39, 0.29) is 17.5 Å². The van der Waals surface area contributed by atoms with Gasteiger partial charge in [-0.25, -0.2) is 9.37 Å². The summed E-state index contributed by atoms with van der Waals surface area (Å²) in [6.07, 6.45) is 2.43. The SMILES string of the molecule is Cc1nc(Cc2ccc(F)cc2)sc1C(=O)N1CCC(c2ccc(O)cc2)CC1. The van der Waals surface area contributed by atoms with Crippen molar-refractivity contribution in [3.63, 3.8) is 0 Å². The van der Waals surface area contributed by atoms with Crippen LogP contribution in [0.2, 0.25) is 0 Å². The molecule has 3 aromatic rings. The number of nitrogens with zero attached hydrogens (tertiary/aromatic N) is 2. The minimum absolute atomic E-state index is 0.0505. The van der Waals surface area contributed by atoms with E-state index in [9.17, 15) is 14.3 Å². The van der Waals surface area contributed by atoms with Crippen molar-refractivity contribution in [1.82, 2.24) is 9.88 Å². The molecule has 2 aromatic carbocycles. The molecular formula is C23H23FN2O2S. The molecule has 0 radical (unpaired) electrons. The minimum atomic E-state index is -0.254. The lowest BCUT2D eigenvalue weighted by Crippen LogP contribution is -2.37. The van der Waals surface area contributed by atoms with Gasteiger partial charge < -0.3 is 10.0 Å². The first-order chi connectivity index (χ1) is 14.0. The zero-order valence-electron chi connectivity index (χ0n) is 16.3. The molecule has 0 unspecified atom stereocenters. The fourth-order valence-corrected chi connectivity index (χ4v) is 4.88. The van der Waals surface area contributed by atoms with Crippen molar-refractivity contribution in [2.75, 3.05) is 13.1 Å². The maximum absolute atomic E-state index is 13.1. The molecular weight excluding hydrogens is 387 g/mol. The molecule has 0 saturated carbocycles. The highest BCUT2D eigenvalue weighted by Crippen LogP contribution is 2.31. The topological polar surface area (TPSA) is 53.4 Å². The second-order valence-electron chi connectivity index (χ2n) is 7.48. The molecule has 1 N–H and O–H groups in total. The van der Waals surface area contributed by atoms with Gasteiger partial charge in [0, 0.05) is 19.5 Å². The smallest absolute Gasteiger partial charge is 0.265 e. The van der Waals surface area contributed by atoms with Crippen molar-refractivity contribution in [3.8, 4) is 5.75 Å². The zero-order chi connectivity index (χ0) is 20.4. The van der Waals surface area contributed by atoms with Gasteiger partial charge in [-0.05, 0) is 61.1 Å². The number of aryl methyl sites for hydroxylation is 1. The molecule has 0 spiro atoms. The second kappa shape index (κ2) is 8.33. The van der Waals surface area contributed by atoms with E-state index < -0.39 is 0 Å². The summed E-state index contributed by atoms with van der Waals surface area (Å²) >= 11 is 1.44. The van der Waals surface area contributed by atoms with E-state index in [1.54, 1.807) is 24.3 Å². The van der Waals surface area contributed by atoms with Crippen molar-refractivity contribution in [3.05, 3.63) is 81.1 Å². The predicted octanol–water partition coefficient (Wildman–Crippen LogP) is 4.91. The molecule has 150 valence electrons. The van der Waals surface area contributed by atoms with Crippen LogP contribution in [0.3, 0.4) is 0 Å². The molecule has 29 heavy (non-hydrogen) atoms. The molecule has 1 aromatic heterocycles. The number of phenolic OH excluding ortho intramolecular Hbond substituents is 1. The Morgan fingerprint density at radius 3 is 2.45 bits per heavy atom. The molecule has 1 aliphatic rings. The third-order valence-corrected chi connectivity index (χ3v) is 6.60. The first kappa shape index (κ1) is 19.6. The number of phenols is 1. The van der Waals surface area contributed by atoms with Gasteiger partial charge in [0.2, 0.25) is 0 Å². The van der Waals surface area contributed by atoms with Crippen molar-refractivity contribution in [2.45, 2.75) is 32.1 Å². The Kier molecular flexibility index (Phi) is 5.62. The number of amides is 1. The molecule has 1 fully saturated rings. The number of rotatable bonds is 4. The van der Waals surface area contributed by atoms with E-state index in [1.807, 2.05) is 24.0 Å². The van der Waals surface area contributed by atoms with Gasteiger partial charge in [-0.1, -0.05) is 24.3 Å². The molecule has 4 nitrogen and oxygen atoms in total. The number of hydrogen-bond acceptors (Lipinski definition) is 4. The fraction of sp³-hybridized carbons (Fsp3) is 0.304. The van der Waals surface area contributed by atoms with Crippen LogP contribution in [0.1, 0.15) is 50.3 Å². The normalized spacial score (nSPS) is 14.9. The lowest BCUT2D eigenvalue weighted by atomic mass is 9.89. The van der Waals surface area contributed by atoms with Crippen LogP contribution in [0.4, 0.5) is 4.39 Å². The second-order valence-corrected chi connectivity index (χ2v) is 8.57. The highest BCUT2D eigenvalue weighted by atomic mass is 32.1. The summed E-state index contributed by atoms with van der Waals surface area (Å²) in [4.78, 5) is 20.2. The Morgan fingerprint density at radius 1 is 1.14 bits per heavy atom. The minimum Gasteiger partial charge on any atom is -0.508 e. The van der Waals surface area contributed by atoms with Crippen LogP contribution in [0.15, 0.2) is 48.5 Å². The van der Waals surface area contributed by atoms with E-state index in [2.05, 4.69) is 4.98 Å². The van der Waals surface area contributed by atoms with Gasteiger partial charge in [-0.2, -0.15) is 0 Å². The molecule has 0 bridgehead atoms. The molecule has 1 saturated heterocycles. The van der Waals surface area contributed by atoms with Gasteiger partial charge in [0.05, 0.1) is 10.7 Å². The first-order valence-corrected chi connectivity index (χ1v) is 10.6. The van der Waals surface area contributed by atoms with E-state index in [0.29, 0.717) is 17.2 Å². The summed E-state index contributed by atoms with van der Waals surface area (Å²) in [5.41, 5.74) is 2.96. The number of carbonyl (C=O) groups excluding carboxylic acids is 1. The number of carbonyl (C=O) groups is 1. The van der Waals surface area contributed by atoms with Gasteiger partial charge in [0.25, 0.3) is 5.91 Å². The van der Waals surface area contributed by atoms with E-state index in [4.69, 9.17) is 0 Å². The molecule has 6 heteroatoms. The number of benzene rings is 2. The molecule has 1 amide bonds. The molecule has 4 rings (SSSR count). The van der Waals surface area contributed by atoms with Crippen LogP contribution in [-0.4, -0.2) is 34.0 Å². The number of halogens is 1. The average molecular weight is 411 g/mol. The van der Waals surface area contributed by atoms with Crippen LogP contribution < -0.4 is 0 Å². The summed E-state index contributed by atoms with van der Waals surface area (Å²) in [6, 6.07) is 13.8. The lowest BCUT2D eigenvalue weighted by molar-refractivity contribution is 0.0717. The van der Waals surface area contributed by atoms with E-state index in [0.717, 1.165) is 42.2 Å². The summed E-state index contributed by atoms with van der Waals surface area (Å²) in [7, 11) is 0. The lowest BCUT2D eigenvalue weighted by Gasteiger charge is -2.32. The molecule has 2 heterocycles. The fourth-order valence-electron chi connectivity index (χ4n) is 3.81. The maximum Gasteiger partial charge on any atom is 0.265 e. The summed E-state index contributed by atoms with van der Waals surface area (Å²) < 4.78 is 13.1. The Morgan fingerprint density at radius 2 is 1.79 bits per heavy atom. The summed E-state index contributed by atoms with van der Waals surface area (Å²) in [5.74, 6) is 0.486. The molecule has 1 aliphatic heterocycles. The largest absolute Gasteiger partial charge is 0.508 e. The quantitative estimate of drug-likeness (QED) is 0.665. The van der Waals surface area contributed by atoms with Crippen LogP contribution in [0.5, 0.6) is 5.75 Å². The summed E-state index contributed by atoms with van der Waals surface area (Å²) in [5, 5.41) is 10.3. The standard InChI is InChI=1S/C23H23FN2O2S/c1-15-22(29-21(25-15)14-16-2-6-19(24)7-3-16)23(28)26-12-10-18(11-13-26)17-4-8-20(27)9-5-17/h2-9,18,27H,10-14H2,1H3. The monoisotopic (exact) mass is 410 g/mol. The highest BCUT2D eigenvalue weighted by molar-refractivity contribution is 7.13. The molecule has 0 aliphatic carbocycles. The first-order valence-electron chi connectivity index (χ1n) is 9.78. The number of aromatic hydroxyl groups is 1. The number of aromatic nitrogens is 1. The maximum atomic E-state index is 13.1. The number of piperidine rings is 1. The van der Waals surface area contributed by atoms with Crippen LogP contribution in [0, 0.1) is 12.7 Å². The van der Waals surface area contributed by atoms with Crippen molar-refractivity contribution < 1.29 is 14.3 Å². The van der Waals surface area contributed by atoms with Crippen molar-refractivity contribution >= 4 is 17.2 Å². The Hall–Kier alpha value is -2.73. The highest BCUT2D eigenvalue weighted by Gasteiger charge is 2.27. The van der Waals surface area contributed by atoms with Gasteiger partial charge >= 0.3 is 0 Å². The van der Waals surface area contributed by atoms with Gasteiger partial charge in [-0.3, -0.25) is 4.79 Å². The molecule has 0 atom stereocenters. The average Bonchev–Trinajstić information content (AvgIpc) is 3.10. The van der Waals surface area contributed by atoms with Crippen molar-refractivity contribution in [1.29, 1.82) is 0 Å². The van der Waals surface area contributed by atoms with E-state index >= 15 is 0 Å². The van der Waals surface area contributed by atoms with Crippen LogP contribution in [-0.2, 0) is 6.42 Å². The number of thiazole rings is 1. The zero-order valence-corrected chi connectivity index (χ0v) is 17.1. The Labute approximate surface area is 173 Å². The van der Waals surface area contributed by atoms with E-state index in [1.165, 1.54) is 29.0 Å². The van der Waals surface area contributed by atoms with Gasteiger partial charge in [0.1, 0.15) is 16.4 Å². The van der Waals surface area contributed by atoms with Crippen LogP contribution in [0.25, 0.3) is 0 Å². The summed E-state index contributed by atoms with van der Waals surface area (Å²) in [6.45, 7) is 3.31. The third-order valence-electron chi connectivity index (χ3n) is 5.45. The van der Waals surface area contributed by atoms with Crippen LogP contribution >= 0.6 is 11.3 Å². The predicted molar refractivity (Wildman–Crippen MR) is 112 cm³/mol. The van der Waals surface area contributed by atoms with Crippen molar-refractivity contribution in [2.24, 2.45) is 0 Å². The Bertz CT molecular complexity index is 991. The van der Waals surface area contributed by atoms with Gasteiger partial charge in [-0.15, -0.1) is 11.3 Å². The number of hydrogen-bond donors (Lipinski definition) is 1. The van der Waals surface area contributed by atoms with Gasteiger partial charge in [0.15, 0.2) is 0 Å². The number of likely N-dealkylation sites (tertiary alicyclic amines) is 1. The Balaban J connectivity index is 1.40. The third kappa shape index (κ3) is 4.48.